The maximum atomic E-state index is 12.4. The van der Waals surface area contributed by atoms with Gasteiger partial charge in [0.25, 0.3) is 5.91 Å². The van der Waals surface area contributed by atoms with E-state index in [1.807, 2.05) is 0 Å². The van der Waals surface area contributed by atoms with Gasteiger partial charge in [0.05, 0.1) is 5.69 Å². The number of aromatic nitrogens is 3. The van der Waals surface area contributed by atoms with Gasteiger partial charge in [0, 0.05) is 17.7 Å². The van der Waals surface area contributed by atoms with Crippen LogP contribution >= 0.6 is 0 Å². The lowest BCUT2D eigenvalue weighted by molar-refractivity contribution is -0.274. The van der Waals surface area contributed by atoms with Crippen LogP contribution in [0, 0.1) is 0 Å². The predicted octanol–water partition coefficient (Wildman–Crippen LogP) is 3.10. The van der Waals surface area contributed by atoms with Crippen LogP contribution in [0.5, 0.6) is 5.75 Å². The lowest BCUT2D eigenvalue weighted by Gasteiger charge is -2.13. The third-order valence-electron chi connectivity index (χ3n) is 3.45. The fourth-order valence-corrected chi connectivity index (χ4v) is 2.26. The summed E-state index contributed by atoms with van der Waals surface area (Å²) in [6.45, 7) is -0.101. The molecule has 0 aliphatic rings. The average Bonchev–Trinajstić information content (AvgIpc) is 3.14. The van der Waals surface area contributed by atoms with Crippen molar-refractivity contribution in [1.82, 2.24) is 20.1 Å². The van der Waals surface area contributed by atoms with Gasteiger partial charge in [0.15, 0.2) is 0 Å². The molecule has 2 aromatic carbocycles. The highest BCUT2D eigenvalue weighted by Gasteiger charge is 2.31. The second-order valence-electron chi connectivity index (χ2n) is 5.23. The summed E-state index contributed by atoms with van der Waals surface area (Å²) in [7, 11) is 0. The maximum absolute atomic E-state index is 12.4. The van der Waals surface area contributed by atoms with Gasteiger partial charge in [-0.2, -0.15) is 5.10 Å². The van der Waals surface area contributed by atoms with E-state index in [1.54, 1.807) is 30.3 Å². The first kappa shape index (κ1) is 17.5. The zero-order valence-corrected chi connectivity index (χ0v) is 13.3. The second-order valence-corrected chi connectivity index (χ2v) is 5.23. The van der Waals surface area contributed by atoms with Crippen molar-refractivity contribution in [2.75, 3.05) is 0 Å². The summed E-state index contributed by atoms with van der Waals surface area (Å²) in [5, 5.41) is 6.55. The van der Waals surface area contributed by atoms with Crippen molar-refractivity contribution in [2.24, 2.45) is 0 Å². The number of halogens is 3. The molecule has 1 heterocycles. The summed E-state index contributed by atoms with van der Waals surface area (Å²) in [5.74, 6) is -0.765. The number of carbonyl (C=O) groups is 1. The molecule has 0 atom stereocenters. The molecule has 0 fully saturated rings. The molecule has 6 nitrogen and oxygen atoms in total. The molecule has 0 bridgehead atoms. The Morgan fingerprint density at radius 3 is 2.50 bits per heavy atom. The summed E-state index contributed by atoms with van der Waals surface area (Å²) in [5.41, 5.74) is 1.31. The van der Waals surface area contributed by atoms with Gasteiger partial charge in [0.1, 0.15) is 18.4 Å². The number of rotatable bonds is 5. The number of alkyl halides is 3. The van der Waals surface area contributed by atoms with Crippen molar-refractivity contribution in [3.8, 4) is 11.4 Å². The van der Waals surface area contributed by atoms with E-state index in [4.69, 9.17) is 0 Å². The Kier molecular flexibility index (Phi) is 4.87. The van der Waals surface area contributed by atoms with E-state index in [9.17, 15) is 18.0 Å². The van der Waals surface area contributed by atoms with Gasteiger partial charge in [-0.15, -0.1) is 13.2 Å². The van der Waals surface area contributed by atoms with Crippen molar-refractivity contribution in [3.63, 3.8) is 0 Å². The largest absolute Gasteiger partial charge is 0.573 e. The van der Waals surface area contributed by atoms with Crippen LogP contribution in [-0.4, -0.2) is 27.0 Å². The summed E-state index contributed by atoms with van der Waals surface area (Å²) in [4.78, 5) is 16.0. The zero-order chi connectivity index (χ0) is 18.6. The van der Waals surface area contributed by atoms with Crippen molar-refractivity contribution in [3.05, 3.63) is 72.3 Å². The molecule has 0 spiro atoms. The predicted molar refractivity (Wildman–Crippen MR) is 85.7 cm³/mol. The molecule has 0 radical (unpaired) electrons. The van der Waals surface area contributed by atoms with Crippen LogP contribution in [0.25, 0.3) is 5.69 Å². The number of benzene rings is 2. The first-order chi connectivity index (χ1) is 12.4. The molecule has 3 rings (SSSR count). The van der Waals surface area contributed by atoms with E-state index >= 15 is 0 Å². The molecule has 9 heteroatoms. The Balaban J connectivity index is 1.66. The highest BCUT2D eigenvalue weighted by molar-refractivity contribution is 5.94. The monoisotopic (exact) mass is 362 g/mol. The van der Waals surface area contributed by atoms with Crippen LogP contribution in [0.15, 0.2) is 61.2 Å². The van der Waals surface area contributed by atoms with E-state index in [0.717, 1.165) is 5.69 Å². The fraction of sp³-hybridized carbons (Fsp3) is 0.118. The molecule has 0 aliphatic carbocycles. The van der Waals surface area contributed by atoms with Gasteiger partial charge in [-0.3, -0.25) is 4.79 Å². The van der Waals surface area contributed by atoms with Gasteiger partial charge < -0.3 is 10.1 Å². The quantitative estimate of drug-likeness (QED) is 0.757. The van der Waals surface area contributed by atoms with Crippen molar-refractivity contribution >= 4 is 5.91 Å². The average molecular weight is 362 g/mol. The molecule has 26 heavy (non-hydrogen) atoms. The molecular formula is C17H13F3N4O2. The SMILES string of the molecule is O=C(NCc1ccccc1OC(F)(F)F)c1ccc(-n2cncn2)cc1. The molecule has 0 unspecified atom stereocenters. The normalized spacial score (nSPS) is 11.2. The Morgan fingerprint density at radius 2 is 1.85 bits per heavy atom. The molecule has 1 aromatic heterocycles. The Labute approximate surface area is 146 Å². The van der Waals surface area contributed by atoms with E-state index in [1.165, 1.54) is 35.5 Å². The standard InChI is InChI=1S/C17H13F3N4O2/c18-17(19,20)26-15-4-2-1-3-13(15)9-22-16(25)12-5-7-14(8-6-12)24-11-21-10-23-24/h1-8,10-11H,9H2,(H,22,25). The lowest BCUT2D eigenvalue weighted by atomic mass is 10.1. The number of carbonyl (C=O) groups excluding carboxylic acids is 1. The highest BCUT2D eigenvalue weighted by atomic mass is 19.4. The van der Waals surface area contributed by atoms with Crippen molar-refractivity contribution < 1.29 is 22.7 Å². The Morgan fingerprint density at radius 1 is 1.12 bits per heavy atom. The van der Waals surface area contributed by atoms with E-state index in [-0.39, 0.29) is 17.9 Å². The molecule has 1 amide bonds. The first-order valence-corrected chi connectivity index (χ1v) is 7.49. The topological polar surface area (TPSA) is 69.0 Å². The van der Waals surface area contributed by atoms with Crippen LogP contribution in [0.2, 0.25) is 0 Å². The van der Waals surface area contributed by atoms with Gasteiger partial charge in [0.2, 0.25) is 0 Å². The van der Waals surface area contributed by atoms with Gasteiger partial charge >= 0.3 is 6.36 Å². The molecule has 0 saturated carbocycles. The molecule has 1 N–H and O–H groups in total. The summed E-state index contributed by atoms with van der Waals surface area (Å²) < 4.78 is 42.8. The number of para-hydroxylation sites is 1. The summed E-state index contributed by atoms with van der Waals surface area (Å²) in [6, 6.07) is 12.2. The van der Waals surface area contributed by atoms with Gasteiger partial charge in [-0.1, -0.05) is 18.2 Å². The number of ether oxygens (including phenoxy) is 1. The third kappa shape index (κ3) is 4.38. The summed E-state index contributed by atoms with van der Waals surface area (Å²) in [6.07, 6.45) is -1.88. The minimum Gasteiger partial charge on any atom is -0.405 e. The van der Waals surface area contributed by atoms with Gasteiger partial charge in [-0.05, 0) is 30.3 Å². The highest BCUT2D eigenvalue weighted by Crippen LogP contribution is 2.26. The molecule has 134 valence electrons. The minimum atomic E-state index is -4.79. The van der Waals surface area contributed by atoms with Crippen LogP contribution in [0.3, 0.4) is 0 Å². The van der Waals surface area contributed by atoms with Crippen LogP contribution < -0.4 is 10.1 Å². The summed E-state index contributed by atoms with van der Waals surface area (Å²) >= 11 is 0. The number of nitrogens with zero attached hydrogens (tertiary/aromatic N) is 3. The van der Waals surface area contributed by atoms with Gasteiger partial charge in [-0.25, -0.2) is 9.67 Å². The number of hydrogen-bond acceptors (Lipinski definition) is 4. The Bertz CT molecular complexity index is 878. The third-order valence-corrected chi connectivity index (χ3v) is 3.45. The number of hydrogen-bond donors (Lipinski definition) is 1. The van der Waals surface area contributed by atoms with Crippen LogP contribution in [-0.2, 0) is 6.54 Å². The second kappa shape index (κ2) is 7.26. The number of nitrogens with one attached hydrogen (secondary N) is 1. The first-order valence-electron chi connectivity index (χ1n) is 7.49. The molecule has 0 aliphatic heterocycles. The minimum absolute atomic E-state index is 0.101. The molecule has 3 aromatic rings. The van der Waals surface area contributed by atoms with E-state index in [0.29, 0.717) is 5.56 Å². The maximum Gasteiger partial charge on any atom is 0.573 e. The van der Waals surface area contributed by atoms with Crippen LogP contribution in [0.1, 0.15) is 15.9 Å². The molecule has 0 saturated heterocycles. The van der Waals surface area contributed by atoms with E-state index in [2.05, 4.69) is 20.1 Å². The fourth-order valence-electron chi connectivity index (χ4n) is 2.26. The zero-order valence-electron chi connectivity index (χ0n) is 13.3. The molecular weight excluding hydrogens is 349 g/mol. The van der Waals surface area contributed by atoms with E-state index < -0.39 is 12.3 Å². The van der Waals surface area contributed by atoms with Crippen molar-refractivity contribution in [1.29, 1.82) is 0 Å². The van der Waals surface area contributed by atoms with Crippen molar-refractivity contribution in [2.45, 2.75) is 12.9 Å². The lowest BCUT2D eigenvalue weighted by Crippen LogP contribution is -2.24. The number of amides is 1. The Hall–Kier alpha value is -3.36. The van der Waals surface area contributed by atoms with Crippen LogP contribution in [0.4, 0.5) is 13.2 Å². The smallest absolute Gasteiger partial charge is 0.405 e.